The molecule has 98 valence electrons. The molecule has 2 N–H and O–H groups in total. The molecule has 0 saturated carbocycles. The van der Waals surface area contributed by atoms with Gasteiger partial charge in [-0.05, 0) is 6.07 Å². The summed E-state index contributed by atoms with van der Waals surface area (Å²) in [7, 11) is 0. The summed E-state index contributed by atoms with van der Waals surface area (Å²) in [4.78, 5) is 18.6. The van der Waals surface area contributed by atoms with Crippen molar-refractivity contribution in [2.45, 2.75) is 6.10 Å². The van der Waals surface area contributed by atoms with Crippen molar-refractivity contribution in [2.75, 3.05) is 30.3 Å². The van der Waals surface area contributed by atoms with Crippen LogP contribution in [0.15, 0.2) is 31.0 Å². The first kappa shape index (κ1) is 11.8. The highest BCUT2D eigenvalue weighted by Gasteiger charge is 2.25. The van der Waals surface area contributed by atoms with Crippen LogP contribution in [0.1, 0.15) is 11.8 Å². The van der Waals surface area contributed by atoms with Gasteiger partial charge >= 0.3 is 0 Å². The normalized spacial score (nSPS) is 19.4. The Labute approximate surface area is 110 Å². The first-order valence-corrected chi connectivity index (χ1v) is 6.03. The molecule has 1 fully saturated rings. The lowest BCUT2D eigenvalue weighted by molar-refractivity contribution is 0.0371. The third-order valence-corrected chi connectivity index (χ3v) is 3.02. The van der Waals surface area contributed by atoms with Gasteiger partial charge in [-0.15, -0.1) is 0 Å². The quantitative estimate of drug-likeness (QED) is 0.835. The van der Waals surface area contributed by atoms with E-state index in [1.165, 1.54) is 6.33 Å². The molecular formula is C12H14N6O. The lowest BCUT2D eigenvalue weighted by Crippen LogP contribution is -2.39. The van der Waals surface area contributed by atoms with Gasteiger partial charge in [-0.3, -0.25) is 4.98 Å². The fourth-order valence-corrected chi connectivity index (χ4v) is 2.10. The lowest BCUT2D eigenvalue weighted by atomic mass is 10.2. The molecule has 0 bridgehead atoms. The van der Waals surface area contributed by atoms with Crippen LogP contribution in [-0.2, 0) is 4.74 Å². The van der Waals surface area contributed by atoms with Gasteiger partial charge in [0.1, 0.15) is 29.8 Å². The van der Waals surface area contributed by atoms with Gasteiger partial charge in [-0.1, -0.05) is 0 Å². The molecule has 1 saturated heterocycles. The molecular weight excluding hydrogens is 244 g/mol. The Hall–Kier alpha value is -2.28. The highest BCUT2D eigenvalue weighted by molar-refractivity contribution is 5.40. The maximum atomic E-state index is 5.84. The minimum Gasteiger partial charge on any atom is -0.382 e. The van der Waals surface area contributed by atoms with Crippen molar-refractivity contribution < 1.29 is 4.74 Å². The largest absolute Gasteiger partial charge is 0.382 e. The molecule has 0 radical (unpaired) electrons. The second-order valence-corrected chi connectivity index (χ2v) is 4.20. The number of morpholine rings is 1. The van der Waals surface area contributed by atoms with Gasteiger partial charge in [-0.2, -0.15) is 0 Å². The summed E-state index contributed by atoms with van der Waals surface area (Å²) < 4.78 is 5.73. The Balaban J connectivity index is 1.81. The maximum Gasteiger partial charge on any atom is 0.147 e. The van der Waals surface area contributed by atoms with Crippen LogP contribution in [0.4, 0.5) is 11.6 Å². The molecule has 2 aromatic heterocycles. The maximum absolute atomic E-state index is 5.84. The monoisotopic (exact) mass is 258 g/mol. The summed E-state index contributed by atoms with van der Waals surface area (Å²) in [6.07, 6.45) is 6.28. The van der Waals surface area contributed by atoms with Crippen molar-refractivity contribution in [1.29, 1.82) is 0 Å². The van der Waals surface area contributed by atoms with E-state index >= 15 is 0 Å². The Bertz CT molecular complexity index is 549. The van der Waals surface area contributed by atoms with E-state index in [0.717, 1.165) is 12.4 Å². The van der Waals surface area contributed by atoms with E-state index in [1.54, 1.807) is 18.6 Å². The second-order valence-electron chi connectivity index (χ2n) is 4.20. The molecule has 1 unspecified atom stereocenters. The Morgan fingerprint density at radius 3 is 2.89 bits per heavy atom. The van der Waals surface area contributed by atoms with Gasteiger partial charge in [-0.25, -0.2) is 15.0 Å². The van der Waals surface area contributed by atoms with E-state index in [4.69, 9.17) is 10.5 Å². The highest BCUT2D eigenvalue weighted by Crippen LogP contribution is 2.25. The molecule has 7 heteroatoms. The zero-order chi connectivity index (χ0) is 13.1. The van der Waals surface area contributed by atoms with E-state index in [9.17, 15) is 0 Å². The van der Waals surface area contributed by atoms with E-state index in [-0.39, 0.29) is 6.10 Å². The van der Waals surface area contributed by atoms with Crippen molar-refractivity contribution in [1.82, 2.24) is 19.9 Å². The van der Waals surface area contributed by atoms with Crippen LogP contribution in [-0.4, -0.2) is 39.6 Å². The molecule has 3 rings (SSSR count). The summed E-state index contributed by atoms with van der Waals surface area (Å²) in [6.45, 7) is 2.04. The Kier molecular flexibility index (Phi) is 3.20. The van der Waals surface area contributed by atoms with Crippen LogP contribution in [0.2, 0.25) is 0 Å². The molecule has 0 amide bonds. The van der Waals surface area contributed by atoms with E-state index in [1.807, 2.05) is 6.07 Å². The predicted molar refractivity (Wildman–Crippen MR) is 69.4 cm³/mol. The molecule has 0 aliphatic carbocycles. The molecule has 1 aliphatic rings. The fourth-order valence-electron chi connectivity index (χ4n) is 2.10. The summed E-state index contributed by atoms with van der Waals surface area (Å²) in [5, 5.41) is 0. The van der Waals surface area contributed by atoms with E-state index < -0.39 is 0 Å². The van der Waals surface area contributed by atoms with Crippen LogP contribution < -0.4 is 10.6 Å². The van der Waals surface area contributed by atoms with Crippen LogP contribution in [0.25, 0.3) is 0 Å². The van der Waals surface area contributed by atoms with E-state index in [2.05, 4.69) is 24.8 Å². The molecule has 7 nitrogen and oxygen atoms in total. The fraction of sp³-hybridized carbons (Fsp3) is 0.333. The summed E-state index contributed by atoms with van der Waals surface area (Å²) in [6, 6.07) is 1.88. The van der Waals surface area contributed by atoms with Gasteiger partial charge in [0.05, 0.1) is 13.2 Å². The van der Waals surface area contributed by atoms with Crippen molar-refractivity contribution in [3.05, 3.63) is 36.7 Å². The van der Waals surface area contributed by atoms with Crippen molar-refractivity contribution in [2.24, 2.45) is 0 Å². The number of hydrogen-bond donors (Lipinski definition) is 1. The van der Waals surface area contributed by atoms with Crippen LogP contribution in [0.3, 0.4) is 0 Å². The first-order valence-electron chi connectivity index (χ1n) is 6.03. The number of hydrogen-bond acceptors (Lipinski definition) is 7. The number of nitrogens with zero attached hydrogens (tertiary/aromatic N) is 5. The van der Waals surface area contributed by atoms with Gasteiger partial charge in [0.25, 0.3) is 0 Å². The van der Waals surface area contributed by atoms with Crippen molar-refractivity contribution in [3.8, 4) is 0 Å². The van der Waals surface area contributed by atoms with Gasteiger partial charge in [0.15, 0.2) is 0 Å². The minimum atomic E-state index is -0.183. The standard InChI is InChI=1S/C12H14N6O/c13-12-11(15-3-4-16-12)9-7-18(5-6-19-9)10-1-2-14-8-17-10/h1-4,8-9H,5-7H2,(H2,13,16). The van der Waals surface area contributed by atoms with Crippen molar-refractivity contribution >= 4 is 11.6 Å². The topological polar surface area (TPSA) is 90.1 Å². The smallest absolute Gasteiger partial charge is 0.147 e. The number of anilines is 2. The zero-order valence-corrected chi connectivity index (χ0v) is 10.3. The Morgan fingerprint density at radius 1 is 1.21 bits per heavy atom. The third kappa shape index (κ3) is 2.45. The van der Waals surface area contributed by atoms with Crippen LogP contribution in [0, 0.1) is 0 Å². The molecule has 3 heterocycles. The molecule has 1 atom stereocenters. The molecule has 19 heavy (non-hydrogen) atoms. The number of aromatic nitrogens is 4. The Morgan fingerprint density at radius 2 is 2.11 bits per heavy atom. The van der Waals surface area contributed by atoms with Gasteiger partial charge in [0, 0.05) is 25.1 Å². The number of nitrogen functional groups attached to an aromatic ring is 1. The third-order valence-electron chi connectivity index (χ3n) is 3.02. The SMILES string of the molecule is Nc1nccnc1C1CN(c2ccncn2)CCO1. The second kappa shape index (κ2) is 5.15. The highest BCUT2D eigenvalue weighted by atomic mass is 16.5. The summed E-state index contributed by atoms with van der Waals surface area (Å²) in [5.74, 6) is 1.29. The number of rotatable bonds is 2. The van der Waals surface area contributed by atoms with Crippen molar-refractivity contribution in [3.63, 3.8) is 0 Å². The van der Waals surface area contributed by atoms with E-state index in [0.29, 0.717) is 24.7 Å². The molecule has 1 aliphatic heterocycles. The number of ether oxygens (including phenoxy) is 1. The average molecular weight is 258 g/mol. The predicted octanol–water partition coefficient (Wildman–Crippen LogP) is 0.427. The molecule has 0 spiro atoms. The van der Waals surface area contributed by atoms with Crippen LogP contribution >= 0.6 is 0 Å². The number of nitrogens with two attached hydrogens (primary N) is 1. The first-order chi connectivity index (χ1) is 9.34. The molecule has 0 aromatic carbocycles. The lowest BCUT2D eigenvalue weighted by Gasteiger charge is -2.33. The van der Waals surface area contributed by atoms with Gasteiger partial charge in [0.2, 0.25) is 0 Å². The zero-order valence-electron chi connectivity index (χ0n) is 10.3. The van der Waals surface area contributed by atoms with Gasteiger partial charge < -0.3 is 15.4 Å². The minimum absolute atomic E-state index is 0.183. The summed E-state index contributed by atoms with van der Waals surface area (Å²) in [5.41, 5.74) is 6.52. The summed E-state index contributed by atoms with van der Waals surface area (Å²) >= 11 is 0. The van der Waals surface area contributed by atoms with Crippen LogP contribution in [0.5, 0.6) is 0 Å². The molecule has 2 aromatic rings. The average Bonchev–Trinajstić information content (AvgIpc) is 2.49.